The number of rotatable bonds is 8. The maximum atomic E-state index is 11.8. The van der Waals surface area contributed by atoms with Crippen LogP contribution >= 0.6 is 0 Å². The first-order valence-corrected chi connectivity index (χ1v) is 7.64. The summed E-state index contributed by atoms with van der Waals surface area (Å²) in [4.78, 5) is 45.8. The lowest BCUT2D eigenvalue weighted by Crippen LogP contribution is -2.42. The standard InChI is InChI=1S/C16H21N3O5/c1-2-3-4-9-13(20)18-19-15(22)10-14(21)17-12-8-6-5-7-11(12)16(23)24/h5-8H,2-4,9-10H2,1H3,(H,17,21)(H,18,20)(H,19,22)(H,23,24). The van der Waals surface area contributed by atoms with Gasteiger partial charge < -0.3 is 10.4 Å². The van der Waals surface area contributed by atoms with Gasteiger partial charge in [-0.25, -0.2) is 4.79 Å². The van der Waals surface area contributed by atoms with Crippen molar-refractivity contribution in [2.75, 3.05) is 5.32 Å². The van der Waals surface area contributed by atoms with Gasteiger partial charge in [0.05, 0.1) is 11.3 Å². The number of carbonyl (C=O) groups excluding carboxylic acids is 3. The molecule has 0 unspecified atom stereocenters. The first-order chi connectivity index (χ1) is 11.4. The number of para-hydroxylation sites is 1. The van der Waals surface area contributed by atoms with E-state index in [2.05, 4.69) is 16.2 Å². The number of benzene rings is 1. The van der Waals surface area contributed by atoms with Gasteiger partial charge in [0.1, 0.15) is 6.42 Å². The van der Waals surface area contributed by atoms with E-state index in [0.717, 1.165) is 19.3 Å². The monoisotopic (exact) mass is 335 g/mol. The molecule has 1 aromatic carbocycles. The summed E-state index contributed by atoms with van der Waals surface area (Å²) in [5.74, 6) is -2.88. The number of amides is 3. The van der Waals surface area contributed by atoms with Crippen molar-refractivity contribution in [2.45, 2.75) is 39.0 Å². The van der Waals surface area contributed by atoms with Crippen molar-refractivity contribution >= 4 is 29.4 Å². The summed E-state index contributed by atoms with van der Waals surface area (Å²) in [6.45, 7) is 2.01. The number of aromatic carboxylic acids is 1. The molecule has 0 aromatic heterocycles. The Bertz CT molecular complexity index is 615. The van der Waals surface area contributed by atoms with Crippen LogP contribution in [0, 0.1) is 0 Å². The summed E-state index contributed by atoms with van der Waals surface area (Å²) in [7, 11) is 0. The number of unbranched alkanes of at least 4 members (excludes halogenated alkanes) is 2. The van der Waals surface area contributed by atoms with E-state index in [4.69, 9.17) is 5.11 Å². The van der Waals surface area contributed by atoms with Crippen LogP contribution in [0.1, 0.15) is 49.4 Å². The quantitative estimate of drug-likeness (QED) is 0.325. The van der Waals surface area contributed by atoms with E-state index in [1.54, 1.807) is 6.07 Å². The topological polar surface area (TPSA) is 125 Å². The largest absolute Gasteiger partial charge is 0.478 e. The molecule has 0 spiro atoms. The van der Waals surface area contributed by atoms with Crippen molar-refractivity contribution in [3.63, 3.8) is 0 Å². The van der Waals surface area contributed by atoms with Crippen LogP contribution in [0.4, 0.5) is 5.69 Å². The van der Waals surface area contributed by atoms with Crippen molar-refractivity contribution < 1.29 is 24.3 Å². The zero-order chi connectivity index (χ0) is 17.9. The maximum absolute atomic E-state index is 11.8. The molecule has 0 fully saturated rings. The van der Waals surface area contributed by atoms with Crippen molar-refractivity contribution in [1.29, 1.82) is 0 Å². The third-order valence-corrected chi connectivity index (χ3v) is 3.10. The minimum absolute atomic E-state index is 0.0736. The lowest BCUT2D eigenvalue weighted by atomic mass is 10.2. The molecule has 0 radical (unpaired) electrons. The van der Waals surface area contributed by atoms with Crippen LogP contribution in [0.15, 0.2) is 24.3 Å². The number of hydrazine groups is 1. The molecular formula is C16H21N3O5. The highest BCUT2D eigenvalue weighted by atomic mass is 16.4. The second-order valence-electron chi connectivity index (χ2n) is 5.13. The van der Waals surface area contributed by atoms with Gasteiger partial charge in [0.25, 0.3) is 0 Å². The molecule has 0 saturated carbocycles. The Morgan fingerprint density at radius 3 is 2.29 bits per heavy atom. The molecule has 8 heteroatoms. The lowest BCUT2D eigenvalue weighted by molar-refractivity contribution is -0.131. The Hall–Kier alpha value is -2.90. The van der Waals surface area contributed by atoms with Crippen LogP contribution < -0.4 is 16.2 Å². The molecule has 24 heavy (non-hydrogen) atoms. The van der Waals surface area contributed by atoms with E-state index in [0.29, 0.717) is 6.42 Å². The SMILES string of the molecule is CCCCCC(=O)NNC(=O)CC(=O)Nc1ccccc1C(=O)O. The van der Waals surface area contributed by atoms with Crippen molar-refractivity contribution in [3.8, 4) is 0 Å². The minimum Gasteiger partial charge on any atom is -0.478 e. The summed E-state index contributed by atoms with van der Waals surface area (Å²) in [5, 5.41) is 11.4. The van der Waals surface area contributed by atoms with E-state index in [1.807, 2.05) is 6.92 Å². The molecule has 0 aliphatic carbocycles. The van der Waals surface area contributed by atoms with E-state index in [1.165, 1.54) is 18.2 Å². The number of carboxylic acids is 1. The van der Waals surface area contributed by atoms with Crippen LogP contribution in [-0.4, -0.2) is 28.8 Å². The maximum Gasteiger partial charge on any atom is 0.337 e. The molecule has 0 aliphatic rings. The van der Waals surface area contributed by atoms with Gasteiger partial charge in [-0.1, -0.05) is 31.9 Å². The molecule has 4 N–H and O–H groups in total. The average molecular weight is 335 g/mol. The summed E-state index contributed by atoms with van der Waals surface area (Å²) in [6.07, 6.45) is 2.39. The van der Waals surface area contributed by atoms with Crippen LogP contribution in [0.2, 0.25) is 0 Å². The van der Waals surface area contributed by atoms with Crippen LogP contribution in [0.3, 0.4) is 0 Å². The highest BCUT2D eigenvalue weighted by Crippen LogP contribution is 2.14. The van der Waals surface area contributed by atoms with Crippen molar-refractivity contribution in [1.82, 2.24) is 10.9 Å². The second kappa shape index (κ2) is 9.98. The number of hydrogen-bond acceptors (Lipinski definition) is 4. The molecule has 8 nitrogen and oxygen atoms in total. The number of hydrogen-bond donors (Lipinski definition) is 4. The van der Waals surface area contributed by atoms with Crippen LogP contribution in [0.5, 0.6) is 0 Å². The Kier molecular flexibility index (Phi) is 7.97. The van der Waals surface area contributed by atoms with Crippen LogP contribution in [-0.2, 0) is 14.4 Å². The third-order valence-electron chi connectivity index (χ3n) is 3.10. The van der Waals surface area contributed by atoms with E-state index in [9.17, 15) is 19.2 Å². The van der Waals surface area contributed by atoms with Gasteiger partial charge in [-0.2, -0.15) is 0 Å². The molecular weight excluding hydrogens is 314 g/mol. The van der Waals surface area contributed by atoms with E-state index >= 15 is 0 Å². The van der Waals surface area contributed by atoms with Crippen LogP contribution in [0.25, 0.3) is 0 Å². The summed E-state index contributed by atoms with van der Waals surface area (Å²) < 4.78 is 0. The number of carboxylic acid groups (broad SMARTS) is 1. The summed E-state index contributed by atoms with van der Waals surface area (Å²) >= 11 is 0. The van der Waals surface area contributed by atoms with Gasteiger partial charge in [-0.05, 0) is 18.6 Å². The van der Waals surface area contributed by atoms with E-state index in [-0.39, 0.29) is 17.2 Å². The Morgan fingerprint density at radius 1 is 0.958 bits per heavy atom. The van der Waals surface area contributed by atoms with Crippen molar-refractivity contribution in [3.05, 3.63) is 29.8 Å². The molecule has 0 bridgehead atoms. The van der Waals surface area contributed by atoms with Gasteiger partial charge >= 0.3 is 5.97 Å². The number of anilines is 1. The normalized spacial score (nSPS) is 9.88. The fraction of sp³-hybridized carbons (Fsp3) is 0.375. The predicted molar refractivity (Wildman–Crippen MR) is 87.1 cm³/mol. The fourth-order valence-corrected chi connectivity index (χ4v) is 1.90. The Morgan fingerprint density at radius 2 is 1.62 bits per heavy atom. The predicted octanol–water partition coefficient (Wildman–Crippen LogP) is 1.44. The molecule has 130 valence electrons. The zero-order valence-corrected chi connectivity index (χ0v) is 13.4. The van der Waals surface area contributed by atoms with Gasteiger partial charge in [0.15, 0.2) is 0 Å². The first kappa shape index (κ1) is 19.1. The molecule has 3 amide bonds. The minimum atomic E-state index is -1.19. The smallest absolute Gasteiger partial charge is 0.337 e. The highest BCUT2D eigenvalue weighted by Gasteiger charge is 2.14. The molecule has 1 rings (SSSR count). The van der Waals surface area contributed by atoms with Gasteiger partial charge in [-0.15, -0.1) is 0 Å². The van der Waals surface area contributed by atoms with Gasteiger partial charge in [0, 0.05) is 6.42 Å². The first-order valence-electron chi connectivity index (χ1n) is 7.64. The molecule has 0 saturated heterocycles. The van der Waals surface area contributed by atoms with Gasteiger partial charge in [0.2, 0.25) is 17.7 Å². The highest BCUT2D eigenvalue weighted by molar-refractivity contribution is 6.06. The van der Waals surface area contributed by atoms with Crippen molar-refractivity contribution in [2.24, 2.45) is 0 Å². The Labute approximate surface area is 139 Å². The summed E-state index contributed by atoms with van der Waals surface area (Å²) in [5.41, 5.74) is 4.40. The summed E-state index contributed by atoms with van der Waals surface area (Å²) in [6, 6.07) is 5.86. The van der Waals surface area contributed by atoms with E-state index < -0.39 is 24.2 Å². The van der Waals surface area contributed by atoms with Gasteiger partial charge in [-0.3, -0.25) is 25.2 Å². The molecule has 0 aliphatic heterocycles. The number of nitrogens with one attached hydrogen (secondary N) is 3. The third kappa shape index (κ3) is 6.91. The average Bonchev–Trinajstić information content (AvgIpc) is 2.53. The Balaban J connectivity index is 2.41. The molecule has 0 atom stereocenters. The zero-order valence-electron chi connectivity index (χ0n) is 13.4. The second-order valence-corrected chi connectivity index (χ2v) is 5.13. The molecule has 1 aromatic rings. The fourth-order valence-electron chi connectivity index (χ4n) is 1.90. The molecule has 0 heterocycles. The number of carbonyl (C=O) groups is 4. The lowest BCUT2D eigenvalue weighted by Gasteiger charge is -2.09.